The Kier molecular flexibility index (Phi) is 8.13. The minimum Gasteiger partial charge on any atom is -0.356 e. The summed E-state index contributed by atoms with van der Waals surface area (Å²) in [6.45, 7) is 1.61. The molecule has 0 aromatic heterocycles. The molecule has 1 heterocycles. The molecule has 0 saturated carbocycles. The second-order valence-electron chi connectivity index (χ2n) is 6.06. The smallest absolute Gasteiger partial charge is 0.247 e. The van der Waals surface area contributed by atoms with Gasteiger partial charge in [-0.05, 0) is 43.4 Å². The highest BCUT2D eigenvalue weighted by atomic mass is 35.5. The molecular weight excluding hydrogens is 379 g/mol. The molecule has 1 aliphatic rings. The number of hydrogen-bond acceptors (Lipinski definition) is 4. The van der Waals surface area contributed by atoms with Crippen molar-refractivity contribution >= 4 is 52.3 Å². The van der Waals surface area contributed by atoms with Crippen LogP contribution in [-0.2, 0) is 9.59 Å². The molecule has 0 saturated heterocycles. The van der Waals surface area contributed by atoms with E-state index in [4.69, 9.17) is 23.2 Å². The highest BCUT2D eigenvalue weighted by Gasteiger charge is 2.25. The summed E-state index contributed by atoms with van der Waals surface area (Å²) >= 11 is 13.7. The van der Waals surface area contributed by atoms with E-state index in [2.05, 4.69) is 5.32 Å². The molecule has 0 fully saturated rings. The topological polar surface area (TPSA) is 49.4 Å². The first-order chi connectivity index (χ1) is 12.0. The van der Waals surface area contributed by atoms with Crippen molar-refractivity contribution in [3.05, 3.63) is 39.9 Å². The van der Waals surface area contributed by atoms with Gasteiger partial charge in [0.2, 0.25) is 5.91 Å². The molecule has 1 unspecified atom stereocenters. The Balaban J connectivity index is 1.95. The summed E-state index contributed by atoms with van der Waals surface area (Å²) in [5.41, 5.74) is 0.597. The molecule has 25 heavy (non-hydrogen) atoms. The molecule has 1 N–H and O–H groups in total. The standard InChI is InChI=1S/C18H22Cl2N2O2S/c1-13(23)5-3-2-4-6-17(22-7-8-25-12-22)18(24)21-16-10-14(19)9-15(20)11-16/h7-11,17H,2-6,12H2,1H3,(H,21,24). The zero-order valence-electron chi connectivity index (χ0n) is 14.1. The van der Waals surface area contributed by atoms with Crippen LogP contribution in [0.2, 0.25) is 10.0 Å². The molecule has 1 aromatic rings. The Morgan fingerprint density at radius 1 is 1.20 bits per heavy atom. The molecule has 1 atom stereocenters. The summed E-state index contributed by atoms with van der Waals surface area (Å²) in [6, 6.07) is 4.75. The highest BCUT2D eigenvalue weighted by Crippen LogP contribution is 2.25. The quantitative estimate of drug-likeness (QED) is 0.569. The maximum Gasteiger partial charge on any atom is 0.247 e. The summed E-state index contributed by atoms with van der Waals surface area (Å²) in [7, 11) is 0. The van der Waals surface area contributed by atoms with E-state index in [1.165, 1.54) is 0 Å². The number of rotatable bonds is 9. The summed E-state index contributed by atoms with van der Waals surface area (Å²) in [5, 5.41) is 5.88. The van der Waals surface area contributed by atoms with Gasteiger partial charge in [-0.1, -0.05) is 36.0 Å². The van der Waals surface area contributed by atoms with Gasteiger partial charge >= 0.3 is 0 Å². The van der Waals surface area contributed by atoms with Crippen molar-refractivity contribution in [1.82, 2.24) is 4.90 Å². The number of carbonyl (C=O) groups is 2. The Morgan fingerprint density at radius 2 is 1.92 bits per heavy atom. The van der Waals surface area contributed by atoms with Crippen molar-refractivity contribution in [2.45, 2.75) is 45.1 Å². The van der Waals surface area contributed by atoms with Crippen LogP contribution < -0.4 is 5.32 Å². The average molecular weight is 401 g/mol. The molecule has 0 radical (unpaired) electrons. The van der Waals surface area contributed by atoms with E-state index in [1.807, 2.05) is 16.5 Å². The van der Waals surface area contributed by atoms with Crippen LogP contribution in [0.5, 0.6) is 0 Å². The number of hydrogen-bond donors (Lipinski definition) is 1. The first-order valence-corrected chi connectivity index (χ1v) is 10.1. The average Bonchev–Trinajstić information content (AvgIpc) is 3.03. The fourth-order valence-corrected chi connectivity index (χ4v) is 3.97. The number of benzene rings is 1. The minimum atomic E-state index is -0.249. The number of halogens is 2. The molecular formula is C18H22Cl2N2O2S. The van der Waals surface area contributed by atoms with Crippen LogP contribution in [0.4, 0.5) is 5.69 Å². The van der Waals surface area contributed by atoms with Crippen molar-refractivity contribution < 1.29 is 9.59 Å². The van der Waals surface area contributed by atoms with E-state index in [1.54, 1.807) is 36.9 Å². The number of anilines is 1. The van der Waals surface area contributed by atoms with Crippen molar-refractivity contribution in [1.29, 1.82) is 0 Å². The Bertz CT molecular complexity index is 632. The third-order valence-corrected chi connectivity index (χ3v) is 5.11. The van der Waals surface area contributed by atoms with Gasteiger partial charge < -0.3 is 15.0 Å². The number of thioether (sulfide) groups is 1. The Labute approximate surface area is 162 Å². The molecule has 4 nitrogen and oxygen atoms in total. The number of nitrogens with one attached hydrogen (secondary N) is 1. The largest absolute Gasteiger partial charge is 0.356 e. The molecule has 1 aromatic carbocycles. The van der Waals surface area contributed by atoms with Crippen LogP contribution in [0.25, 0.3) is 0 Å². The molecule has 0 spiro atoms. The molecule has 2 rings (SSSR count). The van der Waals surface area contributed by atoms with Gasteiger partial charge in [0, 0.05) is 28.4 Å². The van der Waals surface area contributed by atoms with Gasteiger partial charge in [-0.2, -0.15) is 0 Å². The maximum atomic E-state index is 12.8. The lowest BCUT2D eigenvalue weighted by atomic mass is 10.0. The number of ketones is 1. The fraction of sp³-hybridized carbons (Fsp3) is 0.444. The number of nitrogens with zero attached hydrogens (tertiary/aromatic N) is 1. The zero-order chi connectivity index (χ0) is 18.2. The van der Waals surface area contributed by atoms with Crippen LogP contribution in [0.1, 0.15) is 39.0 Å². The van der Waals surface area contributed by atoms with Crippen LogP contribution in [0, 0.1) is 0 Å². The predicted octanol–water partition coefficient (Wildman–Crippen LogP) is 5.32. The van der Waals surface area contributed by atoms with E-state index in [0.717, 1.165) is 31.6 Å². The lowest BCUT2D eigenvalue weighted by Crippen LogP contribution is -2.40. The number of carbonyl (C=O) groups excluding carboxylic acids is 2. The normalized spacial score (nSPS) is 14.6. The molecule has 136 valence electrons. The van der Waals surface area contributed by atoms with Crippen LogP contribution >= 0.6 is 35.0 Å². The summed E-state index contributed by atoms with van der Waals surface area (Å²) < 4.78 is 0. The Hall–Kier alpha value is -1.17. The van der Waals surface area contributed by atoms with E-state index in [0.29, 0.717) is 22.2 Å². The van der Waals surface area contributed by atoms with Crippen molar-refractivity contribution in [2.24, 2.45) is 0 Å². The van der Waals surface area contributed by atoms with E-state index in [-0.39, 0.29) is 17.7 Å². The summed E-state index contributed by atoms with van der Waals surface area (Å²) in [4.78, 5) is 25.8. The van der Waals surface area contributed by atoms with Gasteiger partial charge in [-0.3, -0.25) is 4.79 Å². The van der Waals surface area contributed by atoms with Crippen LogP contribution in [-0.4, -0.2) is 28.5 Å². The van der Waals surface area contributed by atoms with E-state index >= 15 is 0 Å². The molecule has 0 aliphatic carbocycles. The predicted molar refractivity (Wildman–Crippen MR) is 106 cm³/mol. The number of amides is 1. The zero-order valence-corrected chi connectivity index (χ0v) is 16.5. The molecule has 1 aliphatic heterocycles. The van der Waals surface area contributed by atoms with Gasteiger partial charge in [0.15, 0.2) is 0 Å². The summed E-state index contributed by atoms with van der Waals surface area (Å²) in [5.74, 6) is 0.907. The van der Waals surface area contributed by atoms with Gasteiger partial charge in [-0.25, -0.2) is 0 Å². The van der Waals surface area contributed by atoms with Gasteiger partial charge in [0.25, 0.3) is 0 Å². The molecule has 7 heteroatoms. The van der Waals surface area contributed by atoms with Crippen molar-refractivity contribution in [3.8, 4) is 0 Å². The second kappa shape index (κ2) is 10.1. The lowest BCUT2D eigenvalue weighted by Gasteiger charge is -2.26. The van der Waals surface area contributed by atoms with E-state index < -0.39 is 0 Å². The van der Waals surface area contributed by atoms with Crippen molar-refractivity contribution in [3.63, 3.8) is 0 Å². The van der Waals surface area contributed by atoms with Crippen molar-refractivity contribution in [2.75, 3.05) is 11.2 Å². The van der Waals surface area contributed by atoms with Gasteiger partial charge in [-0.15, -0.1) is 11.8 Å². The maximum absolute atomic E-state index is 12.8. The van der Waals surface area contributed by atoms with Gasteiger partial charge in [0.05, 0.1) is 5.88 Å². The second-order valence-corrected chi connectivity index (χ2v) is 7.80. The third-order valence-electron chi connectivity index (χ3n) is 3.91. The third kappa shape index (κ3) is 6.92. The first-order valence-electron chi connectivity index (χ1n) is 8.26. The lowest BCUT2D eigenvalue weighted by molar-refractivity contribution is -0.120. The summed E-state index contributed by atoms with van der Waals surface area (Å²) in [6.07, 6.45) is 6.02. The number of unbranched alkanes of at least 4 members (excludes halogenated alkanes) is 2. The first kappa shape index (κ1) is 20.1. The number of Topliss-reactive ketones (excluding diaryl/α,β-unsaturated/α-hetero) is 1. The highest BCUT2D eigenvalue weighted by molar-refractivity contribution is 8.02. The van der Waals surface area contributed by atoms with E-state index in [9.17, 15) is 9.59 Å². The molecule has 1 amide bonds. The van der Waals surface area contributed by atoms with Crippen LogP contribution in [0.15, 0.2) is 29.8 Å². The minimum absolute atomic E-state index is 0.0722. The van der Waals surface area contributed by atoms with Gasteiger partial charge in [0.1, 0.15) is 11.8 Å². The molecule has 0 bridgehead atoms. The SMILES string of the molecule is CC(=O)CCCCCC(C(=O)Nc1cc(Cl)cc(Cl)c1)N1C=CSC1. The fourth-order valence-electron chi connectivity index (χ4n) is 2.67. The monoisotopic (exact) mass is 400 g/mol. The van der Waals surface area contributed by atoms with Crippen LogP contribution in [0.3, 0.4) is 0 Å². The Morgan fingerprint density at radius 3 is 2.52 bits per heavy atom.